The van der Waals surface area contributed by atoms with Crippen LogP contribution in [0.3, 0.4) is 0 Å². The quantitative estimate of drug-likeness (QED) is 0.250. The highest BCUT2D eigenvalue weighted by molar-refractivity contribution is 6.22. The molecule has 0 radical (unpaired) electrons. The lowest BCUT2D eigenvalue weighted by Gasteiger charge is -2.33. The third-order valence-corrected chi connectivity index (χ3v) is 3.20. The number of aromatic carboxylic acids is 1. The summed E-state index contributed by atoms with van der Waals surface area (Å²) in [6, 6.07) is 2.87. The molecule has 0 fully saturated rings. The standard InChI is InChI=1S/C13H5ClF10O6/c14-10(17,29-12(21,22)9(15,16)11(18,19)20)13(23,24)30-28-8(27)6-3-1-5(2-4-6)7(25)26/h1-4H,(H,25,26). The van der Waals surface area contributed by atoms with E-state index in [0.29, 0.717) is 12.1 Å². The summed E-state index contributed by atoms with van der Waals surface area (Å²) in [5.41, 5.74) is -1.10. The molecule has 0 aliphatic rings. The van der Waals surface area contributed by atoms with Crippen molar-refractivity contribution in [3.05, 3.63) is 35.4 Å². The van der Waals surface area contributed by atoms with E-state index in [0.717, 1.165) is 12.1 Å². The van der Waals surface area contributed by atoms with Gasteiger partial charge in [-0.05, 0) is 35.9 Å². The third kappa shape index (κ3) is 5.23. The van der Waals surface area contributed by atoms with Gasteiger partial charge in [-0.3, -0.25) is 9.62 Å². The van der Waals surface area contributed by atoms with E-state index in [1.54, 1.807) is 0 Å². The fraction of sp³-hybridized carbons (Fsp3) is 0.385. The van der Waals surface area contributed by atoms with Crippen molar-refractivity contribution in [2.24, 2.45) is 0 Å². The highest BCUT2D eigenvalue weighted by Crippen LogP contribution is 2.51. The minimum atomic E-state index is -7.16. The van der Waals surface area contributed by atoms with Crippen LogP contribution in [0.4, 0.5) is 43.9 Å². The molecule has 0 bridgehead atoms. The van der Waals surface area contributed by atoms with Gasteiger partial charge in [0.15, 0.2) is 0 Å². The van der Waals surface area contributed by atoms with Gasteiger partial charge >= 0.3 is 41.6 Å². The molecule has 30 heavy (non-hydrogen) atoms. The molecule has 0 heterocycles. The first-order valence-corrected chi connectivity index (χ1v) is 7.14. The van der Waals surface area contributed by atoms with Crippen molar-refractivity contribution in [2.45, 2.75) is 29.6 Å². The molecule has 0 aliphatic carbocycles. The Morgan fingerprint density at radius 3 is 1.63 bits per heavy atom. The largest absolute Gasteiger partial charge is 0.478 e. The van der Waals surface area contributed by atoms with Gasteiger partial charge < -0.3 is 5.11 Å². The number of halogens is 11. The van der Waals surface area contributed by atoms with Crippen molar-refractivity contribution in [1.29, 1.82) is 0 Å². The average Bonchev–Trinajstić information content (AvgIpc) is 2.57. The molecule has 1 aromatic carbocycles. The van der Waals surface area contributed by atoms with Crippen LogP contribution in [0.25, 0.3) is 0 Å². The van der Waals surface area contributed by atoms with Crippen LogP contribution < -0.4 is 0 Å². The summed E-state index contributed by atoms with van der Waals surface area (Å²) in [5, 5.41) is 2.73. The second-order valence-corrected chi connectivity index (χ2v) is 5.55. The van der Waals surface area contributed by atoms with E-state index in [9.17, 15) is 53.5 Å². The molecule has 0 amide bonds. The predicted octanol–water partition coefficient (Wildman–Crippen LogP) is 4.74. The second kappa shape index (κ2) is 8.07. The monoisotopic (exact) mass is 482 g/mol. The fourth-order valence-electron chi connectivity index (χ4n) is 1.39. The van der Waals surface area contributed by atoms with E-state index >= 15 is 0 Å². The minimum absolute atomic E-state index is 0.387. The summed E-state index contributed by atoms with van der Waals surface area (Å²) < 4.78 is 129. The first-order chi connectivity index (χ1) is 13.3. The minimum Gasteiger partial charge on any atom is -0.478 e. The van der Waals surface area contributed by atoms with Crippen LogP contribution in [-0.2, 0) is 14.5 Å². The van der Waals surface area contributed by atoms with E-state index in [2.05, 4.69) is 26.1 Å². The summed E-state index contributed by atoms with van der Waals surface area (Å²) >= 11 is 4.15. The van der Waals surface area contributed by atoms with Crippen molar-refractivity contribution in [3.63, 3.8) is 0 Å². The molecule has 0 saturated heterocycles. The lowest BCUT2D eigenvalue weighted by molar-refractivity contribution is -0.508. The zero-order valence-electron chi connectivity index (χ0n) is 13.5. The first-order valence-electron chi connectivity index (χ1n) is 6.77. The van der Waals surface area contributed by atoms with Gasteiger partial charge in [0, 0.05) is 0 Å². The Bertz CT molecular complexity index is 793. The van der Waals surface area contributed by atoms with E-state index in [1.165, 1.54) is 0 Å². The van der Waals surface area contributed by atoms with E-state index in [4.69, 9.17) is 5.11 Å². The average molecular weight is 483 g/mol. The summed E-state index contributed by atoms with van der Waals surface area (Å²) in [5.74, 6) is -10.5. The highest BCUT2D eigenvalue weighted by Gasteiger charge is 2.78. The van der Waals surface area contributed by atoms with Crippen LogP contribution in [0.1, 0.15) is 20.7 Å². The fourth-order valence-corrected chi connectivity index (χ4v) is 1.51. The van der Waals surface area contributed by atoms with Crippen LogP contribution in [0, 0.1) is 0 Å². The number of ether oxygens (including phenoxy) is 1. The Kier molecular flexibility index (Phi) is 6.91. The second-order valence-electron chi connectivity index (χ2n) is 5.06. The molecule has 170 valence electrons. The summed E-state index contributed by atoms with van der Waals surface area (Å²) in [4.78, 5) is 28.2. The smallest absolute Gasteiger partial charge is 0.465 e. The maximum absolute atomic E-state index is 13.5. The van der Waals surface area contributed by atoms with Crippen molar-refractivity contribution < 1.29 is 73.1 Å². The van der Waals surface area contributed by atoms with Gasteiger partial charge in [-0.25, -0.2) is 9.59 Å². The Balaban J connectivity index is 2.93. The number of carbonyl (C=O) groups excluding carboxylic acids is 1. The topological polar surface area (TPSA) is 82.1 Å². The van der Waals surface area contributed by atoms with Crippen LogP contribution in [0.15, 0.2) is 24.3 Å². The molecule has 0 spiro atoms. The van der Waals surface area contributed by atoms with E-state index < -0.39 is 47.1 Å². The van der Waals surface area contributed by atoms with Gasteiger partial charge in [0.05, 0.1) is 11.1 Å². The Morgan fingerprint density at radius 2 is 1.23 bits per heavy atom. The lowest BCUT2D eigenvalue weighted by Crippen LogP contribution is -2.58. The number of alkyl halides is 11. The van der Waals surface area contributed by atoms with Gasteiger partial charge in [0.1, 0.15) is 0 Å². The summed E-state index contributed by atoms with van der Waals surface area (Å²) in [6.45, 7) is 0. The highest BCUT2D eigenvalue weighted by atomic mass is 35.5. The van der Waals surface area contributed by atoms with Gasteiger partial charge in [-0.15, -0.1) is 0 Å². The molecule has 0 aromatic heterocycles. The molecule has 17 heteroatoms. The van der Waals surface area contributed by atoms with E-state index in [1.807, 2.05) is 0 Å². The molecule has 1 rings (SSSR count). The Labute approximate surface area is 162 Å². The number of hydrogen-bond acceptors (Lipinski definition) is 5. The van der Waals surface area contributed by atoms with Crippen LogP contribution in [-0.4, -0.2) is 46.7 Å². The number of carboxylic acid groups (broad SMARTS) is 1. The van der Waals surface area contributed by atoms with Crippen molar-refractivity contribution in [3.8, 4) is 0 Å². The van der Waals surface area contributed by atoms with Crippen LogP contribution >= 0.6 is 11.6 Å². The maximum Gasteiger partial charge on any atom is 0.465 e. The van der Waals surface area contributed by atoms with Crippen molar-refractivity contribution >= 4 is 23.5 Å². The van der Waals surface area contributed by atoms with Gasteiger partial charge in [0.25, 0.3) is 0 Å². The molecule has 1 unspecified atom stereocenters. The molecule has 0 aliphatic heterocycles. The van der Waals surface area contributed by atoms with Crippen LogP contribution in [0.5, 0.6) is 0 Å². The molecule has 6 nitrogen and oxygen atoms in total. The normalized spacial score (nSPS) is 15.4. The Hall–Kier alpha value is -2.33. The predicted molar refractivity (Wildman–Crippen MR) is 71.6 cm³/mol. The molecular formula is C13H5ClF10O6. The number of carbonyl (C=O) groups is 2. The zero-order valence-corrected chi connectivity index (χ0v) is 14.2. The number of rotatable bonds is 8. The van der Waals surface area contributed by atoms with Gasteiger partial charge in [0.2, 0.25) is 0 Å². The first kappa shape index (κ1) is 25.7. The maximum atomic E-state index is 13.5. The Morgan fingerprint density at radius 1 is 0.800 bits per heavy atom. The van der Waals surface area contributed by atoms with Crippen LogP contribution in [0.2, 0.25) is 0 Å². The van der Waals surface area contributed by atoms with Gasteiger partial charge in [-0.1, -0.05) is 4.89 Å². The number of carboxylic acids is 1. The molecule has 1 atom stereocenters. The van der Waals surface area contributed by atoms with E-state index in [-0.39, 0.29) is 5.56 Å². The van der Waals surface area contributed by atoms with Crippen molar-refractivity contribution in [1.82, 2.24) is 0 Å². The molecule has 1 aromatic rings. The summed E-state index contributed by atoms with van der Waals surface area (Å²) in [6.07, 6.45) is -20.1. The third-order valence-electron chi connectivity index (χ3n) is 2.91. The van der Waals surface area contributed by atoms with Crippen molar-refractivity contribution in [2.75, 3.05) is 0 Å². The number of hydrogen-bond donors (Lipinski definition) is 1. The summed E-state index contributed by atoms with van der Waals surface area (Å²) in [7, 11) is 0. The van der Waals surface area contributed by atoms with Gasteiger partial charge in [-0.2, -0.15) is 43.9 Å². The molecule has 1 N–H and O–H groups in total. The zero-order chi connectivity index (χ0) is 23.8. The lowest BCUT2D eigenvalue weighted by atomic mass is 10.1. The molecular weight excluding hydrogens is 478 g/mol. The molecule has 0 saturated carbocycles. The number of benzene rings is 1. The SMILES string of the molecule is O=C(O)c1ccc(C(=O)OOC(F)(F)C(F)(Cl)OC(F)(F)C(F)(F)C(F)(F)F)cc1.